The quantitative estimate of drug-likeness (QED) is 0.579. The van der Waals surface area contributed by atoms with E-state index >= 15 is 0 Å². The molecule has 4 aromatic rings. The zero-order chi connectivity index (χ0) is 20.5. The Morgan fingerprint density at radius 2 is 1.86 bits per heavy atom. The monoisotopic (exact) mass is 391 g/mol. The van der Waals surface area contributed by atoms with Gasteiger partial charge in [-0.05, 0) is 23.8 Å². The number of carbonyl (C=O) groups is 1. The van der Waals surface area contributed by atoms with E-state index in [2.05, 4.69) is 15.4 Å². The number of amides is 1. The Morgan fingerprint density at radius 1 is 1.10 bits per heavy atom. The number of nitrogens with one attached hydrogen (secondary N) is 1. The maximum atomic E-state index is 13.8. The van der Waals surface area contributed by atoms with Crippen molar-refractivity contribution in [2.24, 2.45) is 14.1 Å². The lowest BCUT2D eigenvalue weighted by atomic mass is 10.0. The summed E-state index contributed by atoms with van der Waals surface area (Å²) in [7, 11) is 3.29. The van der Waals surface area contributed by atoms with Crippen LogP contribution in [0.5, 0.6) is 0 Å². The number of hydrogen-bond acceptors (Lipinski definition) is 4. The molecule has 4 rings (SSSR count). The molecule has 2 aromatic carbocycles. The number of hydrogen-bond donors (Lipinski definition) is 1. The summed E-state index contributed by atoms with van der Waals surface area (Å²) in [6.45, 7) is 0. The predicted octanol–water partition coefficient (Wildman–Crippen LogP) is 2.33. The van der Waals surface area contributed by atoms with Crippen molar-refractivity contribution in [1.82, 2.24) is 24.6 Å². The topological polar surface area (TPSA) is 81.8 Å². The van der Waals surface area contributed by atoms with Crippen LogP contribution in [-0.2, 0) is 14.1 Å². The van der Waals surface area contributed by atoms with E-state index in [9.17, 15) is 14.0 Å². The maximum absolute atomic E-state index is 13.8. The molecule has 1 N–H and O–H groups in total. The summed E-state index contributed by atoms with van der Waals surface area (Å²) in [6.07, 6.45) is 3.35. The van der Waals surface area contributed by atoms with Gasteiger partial charge in [0.1, 0.15) is 17.7 Å². The second kappa shape index (κ2) is 7.31. The van der Waals surface area contributed by atoms with Crippen LogP contribution in [0.2, 0.25) is 0 Å². The predicted molar refractivity (Wildman–Crippen MR) is 106 cm³/mol. The van der Waals surface area contributed by atoms with Crippen LogP contribution in [0.25, 0.3) is 10.8 Å². The second-order valence-electron chi connectivity index (χ2n) is 6.68. The van der Waals surface area contributed by atoms with Crippen LogP contribution in [0.3, 0.4) is 0 Å². The third-order valence-corrected chi connectivity index (χ3v) is 4.75. The fraction of sp³-hybridized carbons (Fsp3) is 0.143. The summed E-state index contributed by atoms with van der Waals surface area (Å²) < 4.78 is 16.7. The van der Waals surface area contributed by atoms with Gasteiger partial charge in [-0.3, -0.25) is 9.59 Å². The standard InChI is InChI=1S/C21H18FN5O2/c1-26-11-10-23-19(26)17(13-6-5-7-14(22)12-13)24-20(28)18-15-8-3-4-9-16(15)21(29)27(2)25-18/h3-12,17H,1-2H3,(H,24,28). The molecule has 1 amide bonds. The minimum absolute atomic E-state index is 0.110. The highest BCUT2D eigenvalue weighted by atomic mass is 19.1. The molecule has 1 atom stereocenters. The number of imidazole rings is 1. The average Bonchev–Trinajstić information content (AvgIpc) is 3.14. The lowest BCUT2D eigenvalue weighted by Gasteiger charge is -2.19. The molecule has 2 heterocycles. The van der Waals surface area contributed by atoms with Crippen LogP contribution >= 0.6 is 0 Å². The number of nitrogens with zero attached hydrogens (tertiary/aromatic N) is 4. The van der Waals surface area contributed by atoms with Gasteiger partial charge >= 0.3 is 0 Å². The molecular formula is C21H18FN5O2. The summed E-state index contributed by atoms with van der Waals surface area (Å²) in [6, 6.07) is 12.1. The van der Waals surface area contributed by atoms with E-state index in [-0.39, 0.29) is 11.3 Å². The fourth-order valence-electron chi connectivity index (χ4n) is 3.31. The first kappa shape index (κ1) is 18.5. The average molecular weight is 391 g/mol. The van der Waals surface area contributed by atoms with Crippen molar-refractivity contribution >= 4 is 16.7 Å². The van der Waals surface area contributed by atoms with Crippen LogP contribution in [-0.4, -0.2) is 25.2 Å². The molecule has 2 aromatic heterocycles. The lowest BCUT2D eigenvalue weighted by molar-refractivity contribution is 0.0935. The molecule has 0 saturated heterocycles. The lowest BCUT2D eigenvalue weighted by Crippen LogP contribution is -2.34. The molecular weight excluding hydrogens is 373 g/mol. The van der Waals surface area contributed by atoms with Crippen LogP contribution < -0.4 is 10.9 Å². The highest BCUT2D eigenvalue weighted by Gasteiger charge is 2.24. The minimum atomic E-state index is -0.698. The zero-order valence-electron chi connectivity index (χ0n) is 15.8. The Kier molecular flexibility index (Phi) is 4.67. The van der Waals surface area contributed by atoms with Gasteiger partial charge in [-0.2, -0.15) is 5.10 Å². The van der Waals surface area contributed by atoms with Crippen LogP contribution in [0.1, 0.15) is 27.9 Å². The smallest absolute Gasteiger partial charge is 0.274 e. The van der Waals surface area contributed by atoms with Gasteiger partial charge in [0, 0.05) is 31.9 Å². The van der Waals surface area contributed by atoms with Gasteiger partial charge in [0.2, 0.25) is 0 Å². The molecule has 0 spiro atoms. The molecule has 0 bridgehead atoms. The molecule has 0 aliphatic rings. The van der Waals surface area contributed by atoms with Gasteiger partial charge in [0.25, 0.3) is 11.5 Å². The van der Waals surface area contributed by atoms with Gasteiger partial charge in [0.15, 0.2) is 5.69 Å². The highest BCUT2D eigenvalue weighted by Crippen LogP contribution is 2.22. The molecule has 0 saturated carbocycles. The van der Waals surface area contributed by atoms with Crippen molar-refractivity contribution in [3.8, 4) is 0 Å². The van der Waals surface area contributed by atoms with Crippen molar-refractivity contribution in [3.05, 3.63) is 94.2 Å². The Morgan fingerprint density at radius 3 is 2.55 bits per heavy atom. The SMILES string of the molecule is Cn1ccnc1C(NC(=O)c1nn(C)c(=O)c2ccccc12)c1cccc(F)c1. The van der Waals surface area contributed by atoms with E-state index < -0.39 is 17.8 Å². The second-order valence-corrected chi connectivity index (χ2v) is 6.68. The number of carbonyl (C=O) groups excluding carboxylic acids is 1. The van der Waals surface area contributed by atoms with E-state index in [1.807, 2.05) is 0 Å². The summed E-state index contributed by atoms with van der Waals surface area (Å²) in [4.78, 5) is 29.8. The van der Waals surface area contributed by atoms with Crippen molar-refractivity contribution in [2.45, 2.75) is 6.04 Å². The molecule has 0 fully saturated rings. The van der Waals surface area contributed by atoms with E-state index in [0.29, 0.717) is 22.2 Å². The molecule has 146 valence electrons. The number of rotatable bonds is 4. The Balaban J connectivity index is 1.81. The number of halogens is 1. The first-order chi connectivity index (χ1) is 14.0. The number of aromatic nitrogens is 4. The van der Waals surface area contributed by atoms with Gasteiger partial charge in [-0.1, -0.05) is 30.3 Å². The van der Waals surface area contributed by atoms with E-state index in [4.69, 9.17) is 0 Å². The number of aryl methyl sites for hydroxylation is 2. The van der Waals surface area contributed by atoms with Crippen molar-refractivity contribution < 1.29 is 9.18 Å². The Labute approximate surface area is 165 Å². The zero-order valence-corrected chi connectivity index (χ0v) is 15.8. The van der Waals surface area contributed by atoms with Crippen molar-refractivity contribution in [1.29, 1.82) is 0 Å². The Bertz CT molecular complexity index is 1280. The van der Waals surface area contributed by atoms with Crippen LogP contribution in [0.15, 0.2) is 65.7 Å². The molecule has 0 radical (unpaired) electrons. The highest BCUT2D eigenvalue weighted by molar-refractivity contribution is 6.05. The largest absolute Gasteiger partial charge is 0.337 e. The molecule has 0 aliphatic carbocycles. The van der Waals surface area contributed by atoms with E-state index in [1.54, 1.807) is 60.4 Å². The van der Waals surface area contributed by atoms with Crippen molar-refractivity contribution in [2.75, 3.05) is 0 Å². The van der Waals surface area contributed by atoms with Gasteiger partial charge < -0.3 is 9.88 Å². The first-order valence-corrected chi connectivity index (χ1v) is 8.95. The summed E-state index contributed by atoms with van der Waals surface area (Å²) in [5, 5.41) is 7.90. The first-order valence-electron chi connectivity index (χ1n) is 8.95. The van der Waals surface area contributed by atoms with E-state index in [1.165, 1.54) is 19.2 Å². The number of fused-ring (bicyclic) bond motifs is 1. The van der Waals surface area contributed by atoms with Gasteiger partial charge in [0.05, 0.1) is 5.39 Å². The van der Waals surface area contributed by atoms with Crippen LogP contribution in [0, 0.1) is 5.82 Å². The Hall–Kier alpha value is -3.81. The van der Waals surface area contributed by atoms with Gasteiger partial charge in [-0.25, -0.2) is 14.1 Å². The molecule has 8 heteroatoms. The minimum Gasteiger partial charge on any atom is -0.337 e. The van der Waals surface area contributed by atoms with Crippen molar-refractivity contribution in [3.63, 3.8) is 0 Å². The summed E-state index contributed by atoms with van der Waals surface area (Å²) in [5.41, 5.74) is 0.364. The molecule has 29 heavy (non-hydrogen) atoms. The van der Waals surface area contributed by atoms with E-state index in [0.717, 1.165) is 4.68 Å². The molecule has 0 aliphatic heterocycles. The molecule has 1 unspecified atom stereocenters. The fourth-order valence-corrected chi connectivity index (χ4v) is 3.31. The van der Waals surface area contributed by atoms with Gasteiger partial charge in [-0.15, -0.1) is 0 Å². The summed E-state index contributed by atoms with van der Waals surface area (Å²) in [5.74, 6) is -0.367. The van der Waals surface area contributed by atoms with Crippen LogP contribution in [0.4, 0.5) is 4.39 Å². The maximum Gasteiger partial charge on any atom is 0.274 e. The normalized spacial score (nSPS) is 12.1. The number of benzene rings is 2. The molecule has 7 nitrogen and oxygen atoms in total. The summed E-state index contributed by atoms with van der Waals surface area (Å²) >= 11 is 0. The third-order valence-electron chi connectivity index (χ3n) is 4.75. The third kappa shape index (κ3) is 3.40.